The van der Waals surface area contributed by atoms with Gasteiger partial charge >= 0.3 is 0 Å². The maximum Gasteiger partial charge on any atom is 0.134 e. The number of anilines is 2. The second kappa shape index (κ2) is 5.78. The number of nitrogens with two attached hydrogens (primary N) is 1. The molecule has 1 aromatic heterocycles. The fraction of sp³-hybridized carbons (Fsp3) is 0.692. The van der Waals surface area contributed by atoms with Crippen molar-refractivity contribution >= 4 is 23.4 Å². The lowest BCUT2D eigenvalue weighted by molar-refractivity contribution is 0.617. The Kier molecular flexibility index (Phi) is 4.32. The maximum atomic E-state index is 5.89. The first-order valence-electron chi connectivity index (χ1n) is 6.63. The van der Waals surface area contributed by atoms with Gasteiger partial charge in [-0.1, -0.05) is 13.8 Å². The van der Waals surface area contributed by atoms with Crippen molar-refractivity contribution in [3.63, 3.8) is 0 Å². The summed E-state index contributed by atoms with van der Waals surface area (Å²) in [5.41, 5.74) is 5.89. The number of aryl methyl sites for hydroxylation is 1. The molecule has 0 saturated carbocycles. The molecular weight excluding hydrogens is 244 g/mol. The van der Waals surface area contributed by atoms with Crippen LogP contribution in [0, 0.1) is 0 Å². The Labute approximate surface area is 113 Å². The summed E-state index contributed by atoms with van der Waals surface area (Å²) in [6, 6.07) is 2.39. The molecule has 1 saturated heterocycles. The summed E-state index contributed by atoms with van der Waals surface area (Å²) in [5, 5.41) is 0.629. The molecule has 2 heterocycles. The molecular formula is C13H22N4S. The van der Waals surface area contributed by atoms with E-state index in [1.807, 2.05) is 17.8 Å². The van der Waals surface area contributed by atoms with E-state index < -0.39 is 0 Å². The molecule has 1 aliphatic rings. The third-order valence-corrected chi connectivity index (χ3v) is 4.77. The van der Waals surface area contributed by atoms with E-state index in [1.54, 1.807) is 0 Å². The van der Waals surface area contributed by atoms with Gasteiger partial charge in [-0.25, -0.2) is 9.97 Å². The summed E-state index contributed by atoms with van der Waals surface area (Å²) in [6.07, 6.45) is 1.94. The highest BCUT2D eigenvalue weighted by atomic mass is 32.2. The van der Waals surface area contributed by atoms with Gasteiger partial charge in [-0.3, -0.25) is 0 Å². The Hall–Kier alpha value is -0.970. The average molecular weight is 266 g/mol. The highest BCUT2D eigenvalue weighted by molar-refractivity contribution is 8.00. The second-order valence-electron chi connectivity index (χ2n) is 4.83. The van der Waals surface area contributed by atoms with E-state index in [2.05, 4.69) is 35.6 Å². The van der Waals surface area contributed by atoms with Crippen molar-refractivity contribution in [2.75, 3.05) is 22.9 Å². The maximum absolute atomic E-state index is 5.89. The lowest BCUT2D eigenvalue weighted by atomic mass is 10.2. The number of hydrogen-bond donors (Lipinski definition) is 1. The van der Waals surface area contributed by atoms with Crippen LogP contribution in [0.15, 0.2) is 6.07 Å². The van der Waals surface area contributed by atoms with E-state index in [0.29, 0.717) is 17.1 Å². The normalized spacial score (nSPS) is 24.3. The summed E-state index contributed by atoms with van der Waals surface area (Å²) in [6.45, 7) is 7.71. The Bertz CT molecular complexity index is 410. The van der Waals surface area contributed by atoms with Gasteiger partial charge in [0.15, 0.2) is 0 Å². The van der Waals surface area contributed by atoms with Gasteiger partial charge in [0.1, 0.15) is 17.5 Å². The van der Waals surface area contributed by atoms with Crippen LogP contribution in [0.4, 0.5) is 11.6 Å². The van der Waals surface area contributed by atoms with Crippen molar-refractivity contribution in [3.8, 4) is 0 Å². The summed E-state index contributed by atoms with van der Waals surface area (Å²) in [7, 11) is 0. The summed E-state index contributed by atoms with van der Waals surface area (Å²) < 4.78 is 0. The fourth-order valence-electron chi connectivity index (χ4n) is 2.24. The fourth-order valence-corrected chi connectivity index (χ4v) is 3.34. The molecule has 1 aromatic rings. The van der Waals surface area contributed by atoms with Crippen molar-refractivity contribution in [3.05, 3.63) is 11.9 Å². The number of aromatic nitrogens is 2. The van der Waals surface area contributed by atoms with E-state index in [-0.39, 0.29) is 0 Å². The Morgan fingerprint density at radius 1 is 1.44 bits per heavy atom. The highest BCUT2D eigenvalue weighted by Gasteiger charge is 2.26. The molecule has 1 fully saturated rings. The smallest absolute Gasteiger partial charge is 0.134 e. The van der Waals surface area contributed by atoms with Crippen LogP contribution in [0.5, 0.6) is 0 Å². The molecule has 100 valence electrons. The molecule has 0 bridgehead atoms. The summed E-state index contributed by atoms with van der Waals surface area (Å²) >= 11 is 2.03. The van der Waals surface area contributed by atoms with E-state index in [0.717, 1.165) is 36.8 Å². The van der Waals surface area contributed by atoms with Crippen molar-refractivity contribution in [2.45, 2.75) is 44.9 Å². The molecule has 0 aliphatic carbocycles. The number of nitrogens with zero attached hydrogens (tertiary/aromatic N) is 3. The largest absolute Gasteiger partial charge is 0.384 e. The van der Waals surface area contributed by atoms with Crippen LogP contribution in [0.3, 0.4) is 0 Å². The van der Waals surface area contributed by atoms with Gasteiger partial charge in [0.25, 0.3) is 0 Å². The highest BCUT2D eigenvalue weighted by Crippen LogP contribution is 2.28. The summed E-state index contributed by atoms with van der Waals surface area (Å²) in [5.74, 6) is 3.59. The molecule has 2 rings (SSSR count). The van der Waals surface area contributed by atoms with E-state index >= 15 is 0 Å². The molecule has 4 nitrogen and oxygen atoms in total. The Morgan fingerprint density at radius 2 is 2.22 bits per heavy atom. The van der Waals surface area contributed by atoms with E-state index in [1.165, 1.54) is 0 Å². The first-order chi connectivity index (χ1) is 8.61. The number of nitrogen functional groups attached to an aromatic ring is 1. The lowest BCUT2D eigenvalue weighted by Gasteiger charge is -2.38. The van der Waals surface area contributed by atoms with Gasteiger partial charge in [0.2, 0.25) is 0 Å². The molecule has 18 heavy (non-hydrogen) atoms. The quantitative estimate of drug-likeness (QED) is 0.910. The molecule has 2 N–H and O–H groups in total. The third kappa shape index (κ3) is 2.88. The zero-order valence-electron chi connectivity index (χ0n) is 11.4. The number of thioether (sulfide) groups is 1. The third-order valence-electron chi connectivity index (χ3n) is 3.43. The van der Waals surface area contributed by atoms with Crippen molar-refractivity contribution < 1.29 is 0 Å². The SMILES string of the molecule is CCCc1nc(N)cc(N2CCSC(C)C2C)n1. The van der Waals surface area contributed by atoms with Gasteiger partial charge in [-0.15, -0.1) is 0 Å². The van der Waals surface area contributed by atoms with Gasteiger partial charge in [-0.05, 0) is 13.3 Å². The number of rotatable bonds is 3. The Morgan fingerprint density at radius 3 is 2.94 bits per heavy atom. The van der Waals surface area contributed by atoms with Crippen molar-refractivity contribution in [1.29, 1.82) is 0 Å². The molecule has 0 radical (unpaired) electrons. The van der Waals surface area contributed by atoms with Crippen LogP contribution < -0.4 is 10.6 Å². The topological polar surface area (TPSA) is 55.0 Å². The lowest BCUT2D eigenvalue weighted by Crippen LogP contribution is -2.45. The monoisotopic (exact) mass is 266 g/mol. The van der Waals surface area contributed by atoms with Gasteiger partial charge in [-0.2, -0.15) is 11.8 Å². The summed E-state index contributed by atoms with van der Waals surface area (Å²) in [4.78, 5) is 11.3. The predicted octanol–water partition coefficient (Wildman–Crippen LogP) is 2.34. The molecule has 0 spiro atoms. The van der Waals surface area contributed by atoms with Crippen LogP contribution in [0.2, 0.25) is 0 Å². The van der Waals surface area contributed by atoms with E-state index in [4.69, 9.17) is 5.73 Å². The van der Waals surface area contributed by atoms with Crippen molar-refractivity contribution in [2.24, 2.45) is 0 Å². The molecule has 2 unspecified atom stereocenters. The molecule has 1 aliphatic heterocycles. The van der Waals surface area contributed by atoms with Crippen LogP contribution in [-0.2, 0) is 6.42 Å². The van der Waals surface area contributed by atoms with Gasteiger partial charge in [0, 0.05) is 36.1 Å². The number of hydrogen-bond acceptors (Lipinski definition) is 5. The standard InChI is InChI=1S/C13H22N4S/c1-4-5-12-15-11(14)8-13(16-12)17-6-7-18-10(3)9(17)2/h8-10H,4-7H2,1-3H3,(H2,14,15,16). The second-order valence-corrected chi connectivity index (χ2v) is 6.31. The molecule has 5 heteroatoms. The molecule has 0 amide bonds. The minimum atomic E-state index is 0.493. The minimum Gasteiger partial charge on any atom is -0.384 e. The van der Waals surface area contributed by atoms with Crippen LogP contribution in [0.25, 0.3) is 0 Å². The zero-order valence-corrected chi connectivity index (χ0v) is 12.2. The Balaban J connectivity index is 2.26. The zero-order chi connectivity index (χ0) is 13.1. The molecule has 2 atom stereocenters. The van der Waals surface area contributed by atoms with Crippen LogP contribution >= 0.6 is 11.8 Å². The van der Waals surface area contributed by atoms with Crippen molar-refractivity contribution in [1.82, 2.24) is 9.97 Å². The first-order valence-corrected chi connectivity index (χ1v) is 7.68. The molecule has 0 aromatic carbocycles. The van der Waals surface area contributed by atoms with Crippen LogP contribution in [0.1, 0.15) is 33.0 Å². The first kappa shape index (κ1) is 13.5. The van der Waals surface area contributed by atoms with Crippen LogP contribution in [-0.4, -0.2) is 33.6 Å². The minimum absolute atomic E-state index is 0.493. The predicted molar refractivity (Wildman–Crippen MR) is 79.2 cm³/mol. The average Bonchev–Trinajstić information content (AvgIpc) is 2.32. The van der Waals surface area contributed by atoms with E-state index in [9.17, 15) is 0 Å². The van der Waals surface area contributed by atoms with Gasteiger partial charge in [0.05, 0.1) is 0 Å². The van der Waals surface area contributed by atoms with Gasteiger partial charge < -0.3 is 10.6 Å².